The molecule has 0 saturated carbocycles. The molecule has 0 bridgehead atoms. The molecule has 0 radical (unpaired) electrons. The van der Waals surface area contributed by atoms with Crippen LogP contribution in [0.1, 0.15) is 39.1 Å². The molecule has 0 unspecified atom stereocenters. The Morgan fingerprint density at radius 1 is 0.758 bits per heavy atom. The number of nitrogens with one attached hydrogen (secondary N) is 3. The van der Waals surface area contributed by atoms with Gasteiger partial charge in [0.15, 0.2) is 0 Å². The molecule has 1 saturated heterocycles. The van der Waals surface area contributed by atoms with Crippen molar-refractivity contribution in [3.8, 4) is 0 Å². The molecule has 3 aromatic rings. The van der Waals surface area contributed by atoms with Crippen LogP contribution in [0.15, 0.2) is 66.7 Å². The summed E-state index contributed by atoms with van der Waals surface area (Å²) in [6, 6.07) is 18.3. The summed E-state index contributed by atoms with van der Waals surface area (Å²) >= 11 is 12.0. The van der Waals surface area contributed by atoms with Crippen LogP contribution in [-0.2, 0) is 0 Å². The van der Waals surface area contributed by atoms with E-state index < -0.39 is 5.91 Å². The van der Waals surface area contributed by atoms with Gasteiger partial charge in [0.2, 0.25) is 0 Å². The first-order valence-electron chi connectivity index (χ1n) is 10.5. The van der Waals surface area contributed by atoms with Crippen molar-refractivity contribution in [2.24, 2.45) is 0 Å². The molecule has 0 atom stereocenters. The van der Waals surface area contributed by atoms with Gasteiger partial charge in [0.05, 0.1) is 11.3 Å². The molecule has 1 aliphatic heterocycles. The minimum Gasteiger partial charge on any atom is -0.357 e. The summed E-state index contributed by atoms with van der Waals surface area (Å²) in [7, 11) is 0. The number of amides is 2. The first-order valence-corrected chi connectivity index (χ1v) is 11.3. The lowest BCUT2D eigenvalue weighted by molar-refractivity contribution is 0.102. The highest BCUT2D eigenvalue weighted by Gasteiger charge is 2.18. The lowest BCUT2D eigenvalue weighted by Crippen LogP contribution is -2.27. The van der Waals surface area contributed by atoms with Crippen LogP contribution in [0.3, 0.4) is 0 Å². The topological polar surface area (TPSA) is 85.3 Å². The molecule has 3 N–H and O–H groups in total. The SMILES string of the molecule is N=C(c1ccc(C(=O)Nc2ccc(Cl)cc2C(=O)Nc2ccc(Cl)cc2)cc1)N1CCCC1. The van der Waals surface area contributed by atoms with E-state index >= 15 is 0 Å². The second kappa shape index (κ2) is 10.1. The maximum Gasteiger partial charge on any atom is 0.257 e. The second-order valence-electron chi connectivity index (χ2n) is 7.73. The Morgan fingerprint density at radius 3 is 2.03 bits per heavy atom. The zero-order valence-electron chi connectivity index (χ0n) is 17.7. The number of nitrogens with zero attached hydrogens (tertiary/aromatic N) is 1. The van der Waals surface area contributed by atoms with Gasteiger partial charge < -0.3 is 15.5 Å². The van der Waals surface area contributed by atoms with Crippen LogP contribution in [0, 0.1) is 5.41 Å². The Kier molecular flexibility index (Phi) is 6.96. The van der Waals surface area contributed by atoms with Crippen LogP contribution in [0.2, 0.25) is 10.0 Å². The molecule has 0 aliphatic carbocycles. The molecule has 1 fully saturated rings. The zero-order valence-corrected chi connectivity index (χ0v) is 19.2. The number of hydrogen-bond acceptors (Lipinski definition) is 3. The van der Waals surface area contributed by atoms with Gasteiger partial charge in [0.25, 0.3) is 11.8 Å². The van der Waals surface area contributed by atoms with Crippen molar-refractivity contribution in [1.29, 1.82) is 5.41 Å². The molecule has 8 heteroatoms. The van der Waals surface area contributed by atoms with Gasteiger partial charge in [-0.3, -0.25) is 15.0 Å². The fourth-order valence-corrected chi connectivity index (χ4v) is 3.94. The van der Waals surface area contributed by atoms with Crippen LogP contribution in [0.4, 0.5) is 11.4 Å². The normalized spacial score (nSPS) is 13.0. The Morgan fingerprint density at radius 2 is 1.36 bits per heavy atom. The molecule has 33 heavy (non-hydrogen) atoms. The van der Waals surface area contributed by atoms with E-state index in [1.54, 1.807) is 60.7 Å². The molecule has 6 nitrogen and oxygen atoms in total. The van der Waals surface area contributed by atoms with Crippen molar-refractivity contribution in [3.63, 3.8) is 0 Å². The van der Waals surface area contributed by atoms with Gasteiger partial charge in [0, 0.05) is 39.9 Å². The van der Waals surface area contributed by atoms with Gasteiger partial charge in [-0.25, -0.2) is 0 Å². The second-order valence-corrected chi connectivity index (χ2v) is 8.60. The van der Waals surface area contributed by atoms with Gasteiger partial charge in [0.1, 0.15) is 5.84 Å². The van der Waals surface area contributed by atoms with Crippen molar-refractivity contribution >= 4 is 52.2 Å². The van der Waals surface area contributed by atoms with Crippen molar-refractivity contribution < 1.29 is 9.59 Å². The van der Waals surface area contributed by atoms with Crippen molar-refractivity contribution in [3.05, 3.63) is 93.5 Å². The first-order chi connectivity index (χ1) is 15.9. The lowest BCUT2D eigenvalue weighted by Gasteiger charge is -2.18. The van der Waals surface area contributed by atoms with E-state index in [1.165, 1.54) is 6.07 Å². The van der Waals surface area contributed by atoms with E-state index in [4.69, 9.17) is 28.6 Å². The maximum absolute atomic E-state index is 12.9. The molecule has 4 rings (SSSR count). The fraction of sp³-hybridized carbons (Fsp3) is 0.160. The molecular weight excluding hydrogens is 459 g/mol. The number of amidine groups is 1. The fourth-order valence-electron chi connectivity index (χ4n) is 3.64. The third kappa shape index (κ3) is 5.53. The van der Waals surface area contributed by atoms with E-state index in [0.29, 0.717) is 32.8 Å². The van der Waals surface area contributed by atoms with E-state index in [1.807, 2.05) is 4.90 Å². The smallest absolute Gasteiger partial charge is 0.257 e. The molecule has 168 valence electrons. The predicted octanol–water partition coefficient (Wildman–Crippen LogP) is 5.92. The standard InChI is InChI=1S/C25H22Cl2N4O2/c26-18-7-10-20(11-8-18)29-25(33)21-15-19(27)9-12-22(21)30-24(32)17-5-3-16(4-6-17)23(28)31-13-1-2-14-31/h3-12,15,28H,1-2,13-14H2,(H,29,33)(H,30,32). The monoisotopic (exact) mass is 480 g/mol. The van der Waals surface area contributed by atoms with Crippen molar-refractivity contribution in [1.82, 2.24) is 4.90 Å². The van der Waals surface area contributed by atoms with Gasteiger partial charge in [-0.1, -0.05) is 35.3 Å². The average molecular weight is 481 g/mol. The summed E-state index contributed by atoms with van der Waals surface area (Å²) in [5.41, 5.74) is 2.33. The van der Waals surface area contributed by atoms with Crippen LogP contribution in [-0.4, -0.2) is 35.6 Å². The predicted molar refractivity (Wildman–Crippen MR) is 133 cm³/mol. The van der Waals surface area contributed by atoms with E-state index in [0.717, 1.165) is 31.5 Å². The molecule has 1 heterocycles. The maximum atomic E-state index is 12.9. The number of halogens is 2. The number of likely N-dealkylation sites (tertiary alicyclic amines) is 1. The van der Waals surface area contributed by atoms with E-state index in [2.05, 4.69) is 10.6 Å². The summed E-state index contributed by atoms with van der Waals surface area (Å²) in [5, 5.41) is 14.8. The summed E-state index contributed by atoms with van der Waals surface area (Å²) in [5.74, 6) is -0.306. The third-order valence-corrected chi connectivity index (χ3v) is 5.91. The number of benzene rings is 3. The van der Waals surface area contributed by atoms with E-state index in [-0.39, 0.29) is 11.5 Å². The van der Waals surface area contributed by atoms with Crippen LogP contribution >= 0.6 is 23.2 Å². The average Bonchev–Trinajstić information content (AvgIpc) is 3.36. The van der Waals surface area contributed by atoms with Crippen molar-refractivity contribution in [2.45, 2.75) is 12.8 Å². The van der Waals surface area contributed by atoms with Gasteiger partial charge in [-0.15, -0.1) is 0 Å². The summed E-state index contributed by atoms with van der Waals surface area (Å²) in [6.45, 7) is 1.77. The Balaban J connectivity index is 1.49. The zero-order chi connectivity index (χ0) is 23.4. The molecule has 0 spiro atoms. The Hall–Kier alpha value is -3.35. The van der Waals surface area contributed by atoms with Gasteiger partial charge in [-0.05, 0) is 67.4 Å². The minimum absolute atomic E-state index is 0.234. The van der Waals surface area contributed by atoms with Gasteiger partial charge in [-0.2, -0.15) is 0 Å². The van der Waals surface area contributed by atoms with E-state index in [9.17, 15) is 9.59 Å². The summed E-state index contributed by atoms with van der Waals surface area (Å²) in [6.07, 6.45) is 2.19. The molecule has 2 amide bonds. The largest absolute Gasteiger partial charge is 0.357 e. The number of anilines is 2. The number of carbonyl (C=O) groups is 2. The Bertz CT molecular complexity index is 1190. The van der Waals surface area contributed by atoms with Crippen molar-refractivity contribution in [2.75, 3.05) is 23.7 Å². The van der Waals surface area contributed by atoms with Crippen LogP contribution in [0.5, 0.6) is 0 Å². The highest BCUT2D eigenvalue weighted by Crippen LogP contribution is 2.24. The summed E-state index contributed by atoms with van der Waals surface area (Å²) < 4.78 is 0. The quantitative estimate of drug-likeness (QED) is 0.313. The molecule has 0 aromatic heterocycles. The third-order valence-electron chi connectivity index (χ3n) is 5.42. The Labute approximate surface area is 202 Å². The molecule has 1 aliphatic rings. The van der Waals surface area contributed by atoms with Gasteiger partial charge >= 0.3 is 0 Å². The highest BCUT2D eigenvalue weighted by atomic mass is 35.5. The van der Waals surface area contributed by atoms with Crippen LogP contribution in [0.25, 0.3) is 0 Å². The number of carbonyl (C=O) groups excluding carboxylic acids is 2. The first kappa shape index (κ1) is 22.8. The number of hydrogen-bond donors (Lipinski definition) is 3. The lowest BCUT2D eigenvalue weighted by atomic mass is 10.1. The minimum atomic E-state index is -0.412. The van der Waals surface area contributed by atoms with Crippen LogP contribution < -0.4 is 10.6 Å². The molecule has 3 aromatic carbocycles. The highest BCUT2D eigenvalue weighted by molar-refractivity contribution is 6.31. The summed E-state index contributed by atoms with van der Waals surface area (Å²) in [4.78, 5) is 27.7. The number of rotatable bonds is 5. The molecular formula is C25H22Cl2N4O2.